The van der Waals surface area contributed by atoms with Crippen molar-refractivity contribution in [3.63, 3.8) is 0 Å². The van der Waals surface area contributed by atoms with E-state index >= 15 is 0 Å². The highest BCUT2D eigenvalue weighted by Gasteiger charge is 2.21. The Balaban J connectivity index is 2.40. The molecule has 0 spiro atoms. The second kappa shape index (κ2) is 6.54. The Kier molecular flexibility index (Phi) is 4.89. The molecule has 1 aromatic carbocycles. The molecule has 23 heavy (non-hydrogen) atoms. The monoisotopic (exact) mass is 335 g/mol. The minimum absolute atomic E-state index is 0.0485. The minimum atomic E-state index is -3.47. The van der Waals surface area contributed by atoms with Crippen LogP contribution in [0.25, 0.3) is 0 Å². The maximum atomic E-state index is 12.6. The van der Waals surface area contributed by atoms with Crippen LogP contribution in [-0.2, 0) is 9.84 Å². The van der Waals surface area contributed by atoms with Crippen molar-refractivity contribution in [3.8, 4) is 0 Å². The van der Waals surface area contributed by atoms with Crippen molar-refractivity contribution < 1.29 is 13.2 Å². The van der Waals surface area contributed by atoms with Crippen LogP contribution in [-0.4, -0.2) is 29.9 Å². The number of nitrogens with zero attached hydrogens (tertiary/aromatic N) is 2. The maximum absolute atomic E-state index is 12.6. The Morgan fingerprint density at radius 2 is 1.96 bits per heavy atom. The largest absolute Gasteiger partial charge is 0.307 e. The number of aryl methyl sites for hydroxylation is 1. The first-order valence-electron chi connectivity index (χ1n) is 7.45. The average Bonchev–Trinajstić information content (AvgIpc) is 2.88. The number of benzene rings is 1. The van der Waals surface area contributed by atoms with Gasteiger partial charge in [-0.1, -0.05) is 19.1 Å². The number of hydrogen-bond donors (Lipinski definition) is 1. The number of hydrogen-bond acceptors (Lipinski definition) is 4. The molecule has 0 fully saturated rings. The summed E-state index contributed by atoms with van der Waals surface area (Å²) in [6.07, 6.45) is 0. The maximum Gasteiger partial charge on any atom is 0.258 e. The first-order chi connectivity index (χ1) is 10.8. The molecule has 0 aliphatic carbocycles. The zero-order chi connectivity index (χ0) is 17.2. The van der Waals surface area contributed by atoms with E-state index in [1.54, 1.807) is 29.8 Å². The van der Waals surface area contributed by atoms with Crippen LogP contribution < -0.4 is 5.32 Å². The van der Waals surface area contributed by atoms with Crippen LogP contribution in [0.4, 0.5) is 5.82 Å². The smallest absolute Gasteiger partial charge is 0.258 e. The van der Waals surface area contributed by atoms with Gasteiger partial charge in [-0.15, -0.1) is 0 Å². The number of rotatable bonds is 5. The molecule has 0 aliphatic rings. The molecular weight excluding hydrogens is 314 g/mol. The predicted octanol–water partition coefficient (Wildman–Crippen LogP) is 2.82. The number of anilines is 1. The van der Waals surface area contributed by atoms with Crippen LogP contribution in [0.1, 0.15) is 42.9 Å². The van der Waals surface area contributed by atoms with Gasteiger partial charge in [0.1, 0.15) is 5.82 Å². The second-order valence-electron chi connectivity index (χ2n) is 5.56. The van der Waals surface area contributed by atoms with Gasteiger partial charge in [0.25, 0.3) is 5.91 Å². The van der Waals surface area contributed by atoms with Gasteiger partial charge in [-0.2, -0.15) is 5.10 Å². The van der Waals surface area contributed by atoms with Crippen molar-refractivity contribution in [2.24, 2.45) is 0 Å². The van der Waals surface area contributed by atoms with Gasteiger partial charge < -0.3 is 5.32 Å². The quantitative estimate of drug-likeness (QED) is 0.911. The molecule has 124 valence electrons. The number of aromatic nitrogens is 2. The predicted molar refractivity (Wildman–Crippen MR) is 89.5 cm³/mol. The molecule has 0 atom stereocenters. The summed E-state index contributed by atoms with van der Waals surface area (Å²) in [5.41, 5.74) is 0.923. The normalized spacial score (nSPS) is 11.7. The Morgan fingerprint density at radius 3 is 2.57 bits per heavy atom. The Morgan fingerprint density at radius 1 is 1.30 bits per heavy atom. The summed E-state index contributed by atoms with van der Waals surface area (Å²) < 4.78 is 26.0. The zero-order valence-corrected chi connectivity index (χ0v) is 14.5. The molecule has 2 aromatic rings. The number of sulfone groups is 1. The molecule has 0 saturated carbocycles. The van der Waals surface area contributed by atoms with Crippen molar-refractivity contribution in [1.82, 2.24) is 9.78 Å². The fraction of sp³-hybridized carbons (Fsp3) is 0.375. The fourth-order valence-corrected chi connectivity index (χ4v) is 3.36. The summed E-state index contributed by atoms with van der Waals surface area (Å²) in [6.45, 7) is 7.31. The summed E-state index contributed by atoms with van der Waals surface area (Å²) in [6, 6.07) is 8.07. The first-order valence-corrected chi connectivity index (χ1v) is 9.10. The van der Waals surface area contributed by atoms with E-state index in [9.17, 15) is 13.2 Å². The lowest BCUT2D eigenvalue weighted by Crippen LogP contribution is -2.19. The highest BCUT2D eigenvalue weighted by molar-refractivity contribution is 7.91. The lowest BCUT2D eigenvalue weighted by Gasteiger charge is -2.13. The van der Waals surface area contributed by atoms with E-state index in [4.69, 9.17) is 0 Å². The van der Waals surface area contributed by atoms with Crippen LogP contribution in [0.2, 0.25) is 0 Å². The van der Waals surface area contributed by atoms with Gasteiger partial charge in [0.2, 0.25) is 0 Å². The van der Waals surface area contributed by atoms with Crippen molar-refractivity contribution in [2.75, 3.05) is 11.1 Å². The van der Waals surface area contributed by atoms with Crippen molar-refractivity contribution >= 4 is 21.6 Å². The van der Waals surface area contributed by atoms with Gasteiger partial charge in [-0.3, -0.25) is 4.79 Å². The molecule has 0 unspecified atom stereocenters. The van der Waals surface area contributed by atoms with Crippen molar-refractivity contribution in [1.29, 1.82) is 0 Å². The third kappa shape index (κ3) is 3.61. The summed E-state index contributed by atoms with van der Waals surface area (Å²) in [5.74, 6) is 0.0333. The van der Waals surface area contributed by atoms with Crippen molar-refractivity contribution in [2.45, 2.75) is 38.6 Å². The van der Waals surface area contributed by atoms with Crippen molar-refractivity contribution in [3.05, 3.63) is 41.6 Å². The first kappa shape index (κ1) is 17.2. The van der Waals surface area contributed by atoms with Gasteiger partial charge in [0.05, 0.1) is 21.9 Å². The molecule has 1 heterocycles. The summed E-state index contributed by atoms with van der Waals surface area (Å²) >= 11 is 0. The number of nitrogens with one attached hydrogen (secondary N) is 1. The zero-order valence-electron chi connectivity index (χ0n) is 13.7. The molecule has 1 aromatic heterocycles. The van der Waals surface area contributed by atoms with Gasteiger partial charge in [-0.05, 0) is 32.9 Å². The molecule has 7 heteroatoms. The Hall–Kier alpha value is -2.15. The average molecular weight is 335 g/mol. The van der Waals surface area contributed by atoms with E-state index in [0.717, 1.165) is 5.69 Å². The third-order valence-electron chi connectivity index (χ3n) is 3.44. The van der Waals surface area contributed by atoms with E-state index < -0.39 is 15.7 Å². The van der Waals surface area contributed by atoms with Gasteiger partial charge in [-0.25, -0.2) is 13.1 Å². The lowest BCUT2D eigenvalue weighted by molar-refractivity contribution is 0.102. The number of amides is 1. The topological polar surface area (TPSA) is 81.1 Å². The number of carbonyl (C=O) groups excluding carboxylic acids is 1. The van der Waals surface area contributed by atoms with E-state index in [0.29, 0.717) is 5.82 Å². The molecule has 1 N–H and O–H groups in total. The molecular formula is C16H21N3O3S. The van der Waals surface area contributed by atoms with E-state index in [-0.39, 0.29) is 22.3 Å². The van der Waals surface area contributed by atoms with Crippen LogP contribution >= 0.6 is 0 Å². The molecule has 6 nitrogen and oxygen atoms in total. The van der Waals surface area contributed by atoms with E-state index in [1.807, 2.05) is 20.8 Å². The molecule has 0 aliphatic heterocycles. The number of carbonyl (C=O) groups is 1. The van der Waals surface area contributed by atoms with Gasteiger partial charge >= 0.3 is 0 Å². The van der Waals surface area contributed by atoms with Crippen LogP contribution in [0.3, 0.4) is 0 Å². The highest BCUT2D eigenvalue weighted by atomic mass is 32.2. The van der Waals surface area contributed by atoms with Gasteiger partial charge in [0.15, 0.2) is 9.84 Å². The van der Waals surface area contributed by atoms with Crippen LogP contribution in [0.5, 0.6) is 0 Å². The fourth-order valence-electron chi connectivity index (χ4n) is 2.27. The van der Waals surface area contributed by atoms with E-state index in [2.05, 4.69) is 10.4 Å². The molecule has 0 saturated heterocycles. The van der Waals surface area contributed by atoms with Gasteiger partial charge in [0, 0.05) is 12.1 Å². The minimum Gasteiger partial charge on any atom is -0.307 e. The third-order valence-corrected chi connectivity index (χ3v) is 5.22. The Bertz CT molecular complexity index is 823. The summed E-state index contributed by atoms with van der Waals surface area (Å²) in [5, 5.41) is 7.09. The molecule has 0 radical (unpaired) electrons. The van der Waals surface area contributed by atoms with E-state index in [1.165, 1.54) is 12.1 Å². The highest BCUT2D eigenvalue weighted by Crippen LogP contribution is 2.21. The second-order valence-corrected chi connectivity index (χ2v) is 7.81. The van der Waals surface area contributed by atoms with Crippen LogP contribution in [0.15, 0.2) is 35.2 Å². The molecule has 0 bridgehead atoms. The molecule has 2 rings (SSSR count). The molecule has 1 amide bonds. The van der Waals surface area contributed by atoms with Crippen LogP contribution in [0, 0.1) is 6.92 Å². The summed E-state index contributed by atoms with van der Waals surface area (Å²) in [4.78, 5) is 12.6. The SMILES string of the molecule is CCS(=O)(=O)c1ccccc1C(=O)Nc1cc(C)nn1C(C)C. The standard InChI is InChI=1S/C16H21N3O3S/c1-5-23(21,22)14-9-7-6-8-13(14)16(20)17-15-10-12(4)18-19(15)11(2)3/h6-11H,5H2,1-4H3,(H,17,20). The summed E-state index contributed by atoms with van der Waals surface area (Å²) in [7, 11) is -3.47. The lowest BCUT2D eigenvalue weighted by atomic mass is 10.2. The Labute approximate surface area is 136 Å².